The molecule has 0 heterocycles. The molecular weight excluding hydrogens is 294 g/mol. The lowest BCUT2D eigenvalue weighted by Crippen LogP contribution is -2.32. The highest BCUT2D eigenvalue weighted by atomic mass is 79.9. The number of hydrogen-bond acceptors (Lipinski definition) is 2. The van der Waals surface area contributed by atoms with E-state index in [-0.39, 0.29) is 0 Å². The maximum absolute atomic E-state index is 11.6. The molecule has 18 heavy (non-hydrogen) atoms. The average Bonchev–Trinajstić information content (AvgIpc) is 2.78. The minimum absolute atomic E-state index is 0.673. The molecule has 2 rings (SSSR count). The van der Waals surface area contributed by atoms with Crippen LogP contribution in [0.3, 0.4) is 0 Å². The fourth-order valence-electron chi connectivity index (χ4n) is 2.77. The second kappa shape index (κ2) is 4.92. The summed E-state index contributed by atoms with van der Waals surface area (Å²) in [6.07, 6.45) is 3.49. The lowest BCUT2D eigenvalue weighted by atomic mass is 9.79. The van der Waals surface area contributed by atoms with Crippen LogP contribution in [0.5, 0.6) is 0 Å². The Kier molecular flexibility index (Phi) is 3.66. The van der Waals surface area contributed by atoms with E-state index in [2.05, 4.69) is 15.9 Å². The molecule has 0 aliphatic heterocycles. The van der Waals surface area contributed by atoms with Crippen molar-refractivity contribution in [3.63, 3.8) is 0 Å². The topological polar surface area (TPSA) is 40.5 Å². The number of halogens is 1. The molecule has 0 aromatic heterocycles. The first-order valence-corrected chi connectivity index (χ1v) is 6.97. The van der Waals surface area contributed by atoms with Crippen molar-refractivity contribution in [2.75, 3.05) is 19.0 Å². The van der Waals surface area contributed by atoms with Crippen molar-refractivity contribution in [1.82, 2.24) is 0 Å². The number of nitrogens with zero attached hydrogens (tertiary/aromatic N) is 1. The molecular formula is C14H18BrNO2. The summed E-state index contributed by atoms with van der Waals surface area (Å²) in [4.78, 5) is 13.6. The van der Waals surface area contributed by atoms with Gasteiger partial charge in [0.1, 0.15) is 0 Å². The van der Waals surface area contributed by atoms with E-state index in [1.807, 2.05) is 37.2 Å². The van der Waals surface area contributed by atoms with Crippen LogP contribution in [0, 0.1) is 0 Å². The van der Waals surface area contributed by atoms with Gasteiger partial charge in [-0.15, -0.1) is 0 Å². The number of carboxylic acids is 1. The van der Waals surface area contributed by atoms with Crippen LogP contribution in [0.2, 0.25) is 0 Å². The lowest BCUT2D eigenvalue weighted by Gasteiger charge is -2.26. The van der Waals surface area contributed by atoms with E-state index in [0.717, 1.165) is 41.4 Å². The Labute approximate surface area is 116 Å². The van der Waals surface area contributed by atoms with Crippen LogP contribution in [0.15, 0.2) is 22.7 Å². The highest BCUT2D eigenvalue weighted by Gasteiger charge is 2.43. The molecule has 1 aromatic rings. The average molecular weight is 312 g/mol. The molecule has 0 spiro atoms. The number of aliphatic carboxylic acids is 1. The number of rotatable bonds is 3. The quantitative estimate of drug-likeness (QED) is 0.930. The molecule has 4 heteroatoms. The van der Waals surface area contributed by atoms with Crippen LogP contribution in [0.1, 0.15) is 31.2 Å². The summed E-state index contributed by atoms with van der Waals surface area (Å²) in [6, 6.07) is 5.91. The minimum atomic E-state index is -0.690. The Morgan fingerprint density at radius 2 is 1.94 bits per heavy atom. The molecule has 0 bridgehead atoms. The van der Waals surface area contributed by atoms with Crippen molar-refractivity contribution in [3.8, 4) is 0 Å². The Bertz CT molecular complexity index is 465. The minimum Gasteiger partial charge on any atom is -0.481 e. The summed E-state index contributed by atoms with van der Waals surface area (Å²) in [5, 5.41) is 9.56. The third kappa shape index (κ3) is 2.14. The van der Waals surface area contributed by atoms with Gasteiger partial charge in [0, 0.05) is 18.6 Å². The van der Waals surface area contributed by atoms with Crippen molar-refractivity contribution in [2.45, 2.75) is 31.1 Å². The highest BCUT2D eigenvalue weighted by molar-refractivity contribution is 9.10. The monoisotopic (exact) mass is 311 g/mol. The number of hydrogen-bond donors (Lipinski definition) is 1. The summed E-state index contributed by atoms with van der Waals surface area (Å²) < 4.78 is 0.956. The zero-order chi connectivity index (χ0) is 13.3. The van der Waals surface area contributed by atoms with Crippen LogP contribution in [0.25, 0.3) is 0 Å². The van der Waals surface area contributed by atoms with Crippen molar-refractivity contribution in [3.05, 3.63) is 28.2 Å². The number of carbonyl (C=O) groups is 1. The molecule has 1 saturated carbocycles. The second-order valence-electron chi connectivity index (χ2n) is 5.15. The van der Waals surface area contributed by atoms with Crippen LogP contribution in [0.4, 0.5) is 5.69 Å². The molecule has 3 nitrogen and oxygen atoms in total. The zero-order valence-electron chi connectivity index (χ0n) is 10.7. The van der Waals surface area contributed by atoms with Crippen molar-refractivity contribution >= 4 is 27.6 Å². The van der Waals surface area contributed by atoms with Gasteiger partial charge >= 0.3 is 5.97 Å². The normalized spacial score (nSPS) is 17.7. The van der Waals surface area contributed by atoms with Crippen LogP contribution in [-0.2, 0) is 10.2 Å². The molecule has 0 atom stereocenters. The molecule has 0 radical (unpaired) electrons. The summed E-state index contributed by atoms with van der Waals surface area (Å²) in [6.45, 7) is 0. The molecule has 1 fully saturated rings. The Morgan fingerprint density at radius 1 is 1.33 bits per heavy atom. The van der Waals surface area contributed by atoms with Gasteiger partial charge in [-0.25, -0.2) is 0 Å². The Morgan fingerprint density at radius 3 is 2.39 bits per heavy atom. The van der Waals surface area contributed by atoms with Crippen LogP contribution in [-0.4, -0.2) is 25.2 Å². The van der Waals surface area contributed by atoms with E-state index in [4.69, 9.17) is 0 Å². The maximum Gasteiger partial charge on any atom is 0.314 e. The van der Waals surface area contributed by atoms with E-state index in [0.29, 0.717) is 0 Å². The van der Waals surface area contributed by atoms with E-state index in [1.165, 1.54) is 0 Å². The van der Waals surface area contributed by atoms with E-state index in [9.17, 15) is 9.90 Å². The van der Waals surface area contributed by atoms with Gasteiger partial charge in [0.15, 0.2) is 0 Å². The predicted octanol–water partition coefficient (Wildman–Crippen LogP) is 3.41. The van der Waals surface area contributed by atoms with Crippen LogP contribution >= 0.6 is 15.9 Å². The van der Waals surface area contributed by atoms with Gasteiger partial charge in [-0.05, 0) is 46.5 Å². The first kappa shape index (κ1) is 13.4. The number of benzene rings is 1. The molecule has 1 aliphatic rings. The smallest absolute Gasteiger partial charge is 0.314 e. The third-order valence-corrected chi connectivity index (χ3v) is 4.48. The predicted molar refractivity (Wildman–Crippen MR) is 76.3 cm³/mol. The van der Waals surface area contributed by atoms with Gasteiger partial charge in [-0.2, -0.15) is 0 Å². The van der Waals surface area contributed by atoms with Crippen molar-refractivity contribution < 1.29 is 9.90 Å². The largest absolute Gasteiger partial charge is 0.481 e. The number of carboxylic acid groups (broad SMARTS) is 1. The molecule has 1 aromatic carbocycles. The molecule has 0 amide bonds. The molecule has 1 aliphatic carbocycles. The summed E-state index contributed by atoms with van der Waals surface area (Å²) >= 11 is 3.53. The summed E-state index contributed by atoms with van der Waals surface area (Å²) in [7, 11) is 3.95. The molecule has 0 saturated heterocycles. The van der Waals surface area contributed by atoms with E-state index in [1.54, 1.807) is 0 Å². The molecule has 1 N–H and O–H groups in total. The number of anilines is 1. The molecule has 98 valence electrons. The zero-order valence-corrected chi connectivity index (χ0v) is 12.3. The van der Waals surface area contributed by atoms with Gasteiger partial charge in [-0.1, -0.05) is 18.9 Å². The fourth-order valence-corrected chi connectivity index (χ4v) is 3.51. The van der Waals surface area contributed by atoms with Crippen molar-refractivity contribution in [2.24, 2.45) is 0 Å². The first-order chi connectivity index (χ1) is 8.47. The standard InChI is InChI=1S/C14H18BrNO2/c1-16(2)12-6-5-10(9-11(12)15)14(13(17)18)7-3-4-8-14/h5-6,9H,3-4,7-8H2,1-2H3,(H,17,18). The van der Waals surface area contributed by atoms with Crippen LogP contribution < -0.4 is 4.90 Å². The van der Waals surface area contributed by atoms with E-state index >= 15 is 0 Å². The van der Waals surface area contributed by atoms with Gasteiger partial charge < -0.3 is 10.0 Å². The summed E-state index contributed by atoms with van der Waals surface area (Å²) in [5.41, 5.74) is 1.31. The maximum atomic E-state index is 11.6. The lowest BCUT2D eigenvalue weighted by molar-refractivity contribution is -0.143. The summed E-state index contributed by atoms with van der Waals surface area (Å²) in [5.74, 6) is -0.690. The first-order valence-electron chi connectivity index (χ1n) is 6.18. The van der Waals surface area contributed by atoms with Gasteiger partial charge in [0.25, 0.3) is 0 Å². The Hall–Kier alpha value is -1.03. The second-order valence-corrected chi connectivity index (χ2v) is 6.01. The van der Waals surface area contributed by atoms with Crippen molar-refractivity contribution in [1.29, 1.82) is 0 Å². The SMILES string of the molecule is CN(C)c1ccc(C2(C(=O)O)CCCC2)cc1Br. The fraction of sp³-hybridized carbons (Fsp3) is 0.500. The van der Waals surface area contributed by atoms with Gasteiger partial charge in [0.2, 0.25) is 0 Å². The van der Waals surface area contributed by atoms with Gasteiger partial charge in [-0.3, -0.25) is 4.79 Å². The molecule has 0 unspecified atom stereocenters. The van der Waals surface area contributed by atoms with Gasteiger partial charge in [0.05, 0.1) is 11.1 Å². The Balaban J connectivity index is 2.44. The van der Waals surface area contributed by atoms with E-state index < -0.39 is 11.4 Å². The highest BCUT2D eigenvalue weighted by Crippen LogP contribution is 2.43. The third-order valence-electron chi connectivity index (χ3n) is 3.85.